The van der Waals surface area contributed by atoms with Crippen molar-refractivity contribution in [3.05, 3.63) is 70.2 Å². The molecule has 136 valence electrons. The van der Waals surface area contributed by atoms with Gasteiger partial charge in [-0.05, 0) is 35.7 Å². The van der Waals surface area contributed by atoms with Crippen LogP contribution in [0.25, 0.3) is 5.57 Å². The Labute approximate surface area is 169 Å². The summed E-state index contributed by atoms with van der Waals surface area (Å²) in [6.45, 7) is 4.54. The zero-order valence-corrected chi connectivity index (χ0v) is 16.8. The van der Waals surface area contributed by atoms with Gasteiger partial charge in [-0.2, -0.15) is 0 Å². The van der Waals surface area contributed by atoms with Gasteiger partial charge < -0.3 is 4.90 Å². The molecule has 0 amide bonds. The average Bonchev–Trinajstić information content (AvgIpc) is 2.89. The Bertz CT molecular complexity index is 916. The number of hydrogen-bond donors (Lipinski definition) is 0. The highest BCUT2D eigenvalue weighted by atomic mass is 79.9. The average molecular weight is 420 g/mol. The first-order valence-corrected chi connectivity index (χ1v) is 10.1. The summed E-state index contributed by atoms with van der Waals surface area (Å²) in [5, 5.41) is 0. The number of benzene rings is 2. The summed E-state index contributed by atoms with van der Waals surface area (Å²) in [5.41, 5.74) is 4.74. The number of nitrogens with zero attached hydrogens (tertiary/aromatic N) is 3. The van der Waals surface area contributed by atoms with Gasteiger partial charge in [-0.3, -0.25) is 4.90 Å². The second kappa shape index (κ2) is 8.12. The molecule has 2 aliphatic rings. The van der Waals surface area contributed by atoms with Gasteiger partial charge in [0.2, 0.25) is 0 Å². The molecule has 3 nitrogen and oxygen atoms in total. The van der Waals surface area contributed by atoms with E-state index in [2.05, 4.69) is 86.3 Å². The number of rotatable bonds is 2. The smallest absolute Gasteiger partial charge is 0.136 e. The van der Waals surface area contributed by atoms with Crippen LogP contribution in [-0.4, -0.2) is 48.4 Å². The molecule has 0 spiro atoms. The fourth-order valence-corrected chi connectivity index (χ4v) is 4.07. The summed E-state index contributed by atoms with van der Waals surface area (Å²) in [5.74, 6) is 3.83. The van der Waals surface area contributed by atoms with Gasteiger partial charge in [-0.1, -0.05) is 58.3 Å². The summed E-state index contributed by atoms with van der Waals surface area (Å²) in [6.07, 6.45) is 8.68. The van der Waals surface area contributed by atoms with Crippen molar-refractivity contribution in [3.63, 3.8) is 0 Å². The molecule has 0 aliphatic carbocycles. The number of allylic oxidation sites excluding steroid dienone is 1. The van der Waals surface area contributed by atoms with Crippen LogP contribution in [0, 0.1) is 12.3 Å². The Hall–Kier alpha value is -2.35. The molecule has 0 N–H and O–H groups in total. The van der Waals surface area contributed by atoms with Crippen LogP contribution < -0.4 is 0 Å². The van der Waals surface area contributed by atoms with Crippen LogP contribution >= 0.6 is 15.9 Å². The second-order valence-corrected chi connectivity index (χ2v) is 7.78. The Morgan fingerprint density at radius 3 is 2.56 bits per heavy atom. The van der Waals surface area contributed by atoms with Crippen LogP contribution in [-0.2, 0) is 6.42 Å². The van der Waals surface area contributed by atoms with E-state index in [-0.39, 0.29) is 0 Å². The van der Waals surface area contributed by atoms with Gasteiger partial charge in [-0.15, -0.1) is 6.42 Å². The number of hydrogen-bond acceptors (Lipinski definition) is 3. The monoisotopic (exact) mass is 419 g/mol. The van der Waals surface area contributed by atoms with Gasteiger partial charge in [0.1, 0.15) is 5.84 Å². The van der Waals surface area contributed by atoms with Crippen molar-refractivity contribution in [1.29, 1.82) is 0 Å². The van der Waals surface area contributed by atoms with Gasteiger partial charge in [0.15, 0.2) is 0 Å². The summed E-state index contributed by atoms with van der Waals surface area (Å²) >= 11 is 3.59. The highest BCUT2D eigenvalue weighted by molar-refractivity contribution is 9.10. The van der Waals surface area contributed by atoms with E-state index in [0.29, 0.717) is 0 Å². The quantitative estimate of drug-likeness (QED) is 0.672. The zero-order valence-electron chi connectivity index (χ0n) is 15.2. The van der Waals surface area contributed by atoms with Crippen LogP contribution in [0.2, 0.25) is 0 Å². The van der Waals surface area contributed by atoms with E-state index in [0.717, 1.165) is 55.1 Å². The summed E-state index contributed by atoms with van der Waals surface area (Å²) in [7, 11) is 0. The number of halogens is 1. The summed E-state index contributed by atoms with van der Waals surface area (Å²) in [6, 6.07) is 16.9. The van der Waals surface area contributed by atoms with Crippen LogP contribution in [0.5, 0.6) is 0 Å². The molecule has 2 aliphatic heterocycles. The highest BCUT2D eigenvalue weighted by Crippen LogP contribution is 2.31. The molecule has 1 saturated heterocycles. The van der Waals surface area contributed by atoms with Gasteiger partial charge in [-0.25, -0.2) is 4.99 Å². The molecular weight excluding hydrogens is 398 g/mol. The van der Waals surface area contributed by atoms with E-state index < -0.39 is 0 Å². The van der Waals surface area contributed by atoms with E-state index in [1.54, 1.807) is 0 Å². The fourth-order valence-electron chi connectivity index (χ4n) is 3.66. The molecule has 2 heterocycles. The summed E-state index contributed by atoms with van der Waals surface area (Å²) < 4.78 is 1.09. The molecule has 0 atom stereocenters. The molecule has 0 unspecified atom stereocenters. The lowest BCUT2D eigenvalue weighted by Crippen LogP contribution is -2.48. The predicted octanol–water partition coefficient (Wildman–Crippen LogP) is 4.37. The topological polar surface area (TPSA) is 18.8 Å². The third kappa shape index (κ3) is 4.00. The molecule has 0 saturated carbocycles. The fraction of sp³-hybridized carbons (Fsp3) is 0.261. The first-order chi connectivity index (χ1) is 13.2. The summed E-state index contributed by atoms with van der Waals surface area (Å²) in [4.78, 5) is 9.86. The third-order valence-electron chi connectivity index (χ3n) is 5.11. The van der Waals surface area contributed by atoms with E-state index in [1.165, 1.54) is 16.7 Å². The lowest BCUT2D eigenvalue weighted by molar-refractivity contribution is 0.201. The molecular formula is C23H22BrN3. The SMILES string of the molecule is C#CCN1CCN(C2=Nc3ccc(Br)cc3CC=C2c2ccccc2)CC1. The van der Waals surface area contributed by atoms with Crippen molar-refractivity contribution in [3.8, 4) is 12.3 Å². The van der Waals surface area contributed by atoms with Gasteiger partial charge in [0.25, 0.3) is 0 Å². The molecule has 1 fully saturated rings. The lowest BCUT2D eigenvalue weighted by atomic mass is 10.0. The standard InChI is InChI=1S/C23H22BrN3/c1-2-12-26-13-15-27(16-14-26)23-21(18-6-4-3-5-7-18)10-8-19-17-20(24)9-11-22(19)25-23/h1,3-7,9-11,17H,8,12-16H2. The lowest BCUT2D eigenvalue weighted by Gasteiger charge is -2.36. The van der Waals surface area contributed by atoms with Crippen molar-refractivity contribution < 1.29 is 0 Å². The molecule has 4 rings (SSSR count). The van der Waals surface area contributed by atoms with Crippen molar-refractivity contribution in [2.75, 3.05) is 32.7 Å². The normalized spacial score (nSPS) is 17.4. The largest absolute Gasteiger partial charge is 0.354 e. The van der Waals surface area contributed by atoms with E-state index in [4.69, 9.17) is 11.4 Å². The number of piperazine rings is 1. The Kier molecular flexibility index (Phi) is 5.42. The molecule has 2 aromatic rings. The second-order valence-electron chi connectivity index (χ2n) is 6.86. The number of aliphatic imine (C=N–C) groups is 1. The predicted molar refractivity (Wildman–Crippen MR) is 116 cm³/mol. The van der Waals surface area contributed by atoms with Gasteiger partial charge >= 0.3 is 0 Å². The Balaban J connectivity index is 1.71. The maximum absolute atomic E-state index is 5.48. The third-order valence-corrected chi connectivity index (χ3v) is 5.60. The molecule has 27 heavy (non-hydrogen) atoms. The molecule has 0 radical (unpaired) electrons. The molecule has 0 bridgehead atoms. The van der Waals surface area contributed by atoms with Crippen LogP contribution in [0.15, 0.2) is 64.1 Å². The van der Waals surface area contributed by atoms with Crippen LogP contribution in [0.3, 0.4) is 0 Å². The first-order valence-electron chi connectivity index (χ1n) is 9.28. The Morgan fingerprint density at radius 1 is 1.04 bits per heavy atom. The molecule has 0 aromatic heterocycles. The van der Waals surface area contributed by atoms with Crippen LogP contribution in [0.4, 0.5) is 5.69 Å². The molecule has 2 aromatic carbocycles. The maximum Gasteiger partial charge on any atom is 0.136 e. The minimum Gasteiger partial charge on any atom is -0.354 e. The van der Waals surface area contributed by atoms with Crippen molar-refractivity contribution in [2.45, 2.75) is 6.42 Å². The van der Waals surface area contributed by atoms with E-state index in [1.807, 2.05) is 0 Å². The Morgan fingerprint density at radius 2 is 1.81 bits per heavy atom. The van der Waals surface area contributed by atoms with Crippen molar-refractivity contribution in [1.82, 2.24) is 9.80 Å². The number of amidine groups is 1. The van der Waals surface area contributed by atoms with Gasteiger partial charge in [0, 0.05) is 36.2 Å². The minimum absolute atomic E-state index is 0.721. The first kappa shape index (κ1) is 18.0. The van der Waals surface area contributed by atoms with E-state index in [9.17, 15) is 0 Å². The molecule has 4 heteroatoms. The highest BCUT2D eigenvalue weighted by Gasteiger charge is 2.24. The maximum atomic E-state index is 5.48. The minimum atomic E-state index is 0.721. The zero-order chi connectivity index (χ0) is 18.6. The van der Waals surface area contributed by atoms with Crippen molar-refractivity contribution >= 4 is 33.0 Å². The van der Waals surface area contributed by atoms with E-state index >= 15 is 0 Å². The number of terminal acetylenes is 1. The van der Waals surface area contributed by atoms with Crippen LogP contribution in [0.1, 0.15) is 11.1 Å². The number of fused-ring (bicyclic) bond motifs is 1. The van der Waals surface area contributed by atoms with Crippen molar-refractivity contribution in [2.24, 2.45) is 4.99 Å². The van der Waals surface area contributed by atoms with Gasteiger partial charge in [0.05, 0.1) is 12.2 Å².